The molecule has 1 atom stereocenters. The molecule has 1 saturated heterocycles. The Morgan fingerprint density at radius 3 is 2.65 bits per heavy atom. The maximum atomic E-state index is 12.3. The fourth-order valence-electron chi connectivity index (χ4n) is 2.69. The number of nitrogens with two attached hydrogens (primary N) is 1. The minimum absolute atomic E-state index is 0. The summed E-state index contributed by atoms with van der Waals surface area (Å²) < 4.78 is 0. The number of hydrogen-bond donors (Lipinski definition) is 1. The quantitative estimate of drug-likeness (QED) is 0.617. The largest absolute Gasteiger partial charge is 0.342 e. The molecule has 1 aliphatic heterocycles. The van der Waals surface area contributed by atoms with Gasteiger partial charge in [0.05, 0.1) is 0 Å². The van der Waals surface area contributed by atoms with Crippen LogP contribution in [0.15, 0.2) is 29.2 Å². The van der Waals surface area contributed by atoms with E-state index in [0.717, 1.165) is 36.7 Å². The Kier molecular flexibility index (Phi) is 8.22. The van der Waals surface area contributed by atoms with Crippen molar-refractivity contribution in [3.63, 3.8) is 0 Å². The van der Waals surface area contributed by atoms with Crippen LogP contribution in [-0.2, 0) is 4.79 Å². The van der Waals surface area contributed by atoms with E-state index in [1.807, 2.05) is 29.2 Å². The molecular weight excluding hydrogens is 351 g/mol. The van der Waals surface area contributed by atoms with Crippen LogP contribution in [-0.4, -0.2) is 35.7 Å². The molecule has 0 aromatic heterocycles. The summed E-state index contributed by atoms with van der Waals surface area (Å²) in [4.78, 5) is 15.5. The standard InChI is InChI=1S/C17H25ClN2OS.ClH/c1-17(2)12-20(10-9-15(17)19)16(21)4-3-11-22-14-7-5-13(18)6-8-14;/h5-8,15H,3-4,9-12,19H2,1-2H3;1H. The molecule has 3 nitrogen and oxygen atoms in total. The zero-order valence-electron chi connectivity index (χ0n) is 13.8. The van der Waals surface area contributed by atoms with Crippen LogP contribution in [0.1, 0.15) is 33.1 Å². The van der Waals surface area contributed by atoms with Gasteiger partial charge in [0.1, 0.15) is 0 Å². The number of carbonyl (C=O) groups is 1. The van der Waals surface area contributed by atoms with Crippen molar-refractivity contribution in [2.45, 2.75) is 44.0 Å². The highest BCUT2D eigenvalue weighted by Gasteiger charge is 2.34. The lowest BCUT2D eigenvalue weighted by Gasteiger charge is -2.42. The molecule has 1 aliphatic rings. The summed E-state index contributed by atoms with van der Waals surface area (Å²) in [7, 11) is 0. The van der Waals surface area contributed by atoms with Gasteiger partial charge in [-0.2, -0.15) is 0 Å². The molecule has 1 aromatic rings. The number of hydrogen-bond acceptors (Lipinski definition) is 3. The highest BCUT2D eigenvalue weighted by Crippen LogP contribution is 2.28. The maximum absolute atomic E-state index is 12.3. The monoisotopic (exact) mass is 376 g/mol. The first-order valence-corrected chi connectivity index (χ1v) is 9.16. The number of nitrogens with zero attached hydrogens (tertiary/aromatic N) is 1. The first-order valence-electron chi connectivity index (χ1n) is 7.80. The Morgan fingerprint density at radius 1 is 1.39 bits per heavy atom. The summed E-state index contributed by atoms with van der Waals surface area (Å²) in [6.07, 6.45) is 2.42. The van der Waals surface area contributed by atoms with Gasteiger partial charge in [0.2, 0.25) is 5.91 Å². The van der Waals surface area contributed by atoms with Gasteiger partial charge >= 0.3 is 0 Å². The van der Waals surface area contributed by atoms with Crippen LogP contribution >= 0.6 is 35.8 Å². The van der Waals surface area contributed by atoms with Crippen LogP contribution in [0.5, 0.6) is 0 Å². The number of thioether (sulfide) groups is 1. The van der Waals surface area contributed by atoms with E-state index in [-0.39, 0.29) is 29.8 Å². The van der Waals surface area contributed by atoms with Crippen molar-refractivity contribution >= 4 is 41.7 Å². The Balaban J connectivity index is 0.00000264. The normalized spacial score (nSPS) is 20.0. The zero-order valence-corrected chi connectivity index (χ0v) is 16.1. The molecule has 0 spiro atoms. The maximum Gasteiger partial charge on any atom is 0.222 e. The Labute approximate surface area is 154 Å². The van der Waals surface area contributed by atoms with Gasteiger partial charge in [-0.3, -0.25) is 4.79 Å². The summed E-state index contributed by atoms with van der Waals surface area (Å²) in [6.45, 7) is 5.87. The van der Waals surface area contributed by atoms with Gasteiger partial charge in [-0.15, -0.1) is 24.2 Å². The van der Waals surface area contributed by atoms with Crippen LogP contribution in [0.3, 0.4) is 0 Å². The van der Waals surface area contributed by atoms with E-state index in [1.165, 1.54) is 4.90 Å². The van der Waals surface area contributed by atoms with E-state index >= 15 is 0 Å². The van der Waals surface area contributed by atoms with Crippen molar-refractivity contribution in [1.82, 2.24) is 4.90 Å². The van der Waals surface area contributed by atoms with Gasteiger partial charge in [0, 0.05) is 35.5 Å². The Hall–Kier alpha value is -0.420. The lowest BCUT2D eigenvalue weighted by molar-refractivity contribution is -0.134. The third-order valence-corrected chi connectivity index (χ3v) is 5.63. The zero-order chi connectivity index (χ0) is 16.2. The number of carbonyl (C=O) groups excluding carboxylic acids is 1. The number of piperidine rings is 1. The molecule has 0 saturated carbocycles. The van der Waals surface area contributed by atoms with Gasteiger partial charge in [-0.05, 0) is 48.3 Å². The first-order chi connectivity index (χ1) is 10.4. The second-order valence-electron chi connectivity index (χ2n) is 6.60. The Bertz CT molecular complexity index is 508. The average Bonchev–Trinajstić information content (AvgIpc) is 2.48. The van der Waals surface area contributed by atoms with Crippen LogP contribution in [0.25, 0.3) is 0 Å². The van der Waals surface area contributed by atoms with E-state index in [9.17, 15) is 4.79 Å². The van der Waals surface area contributed by atoms with E-state index in [4.69, 9.17) is 17.3 Å². The molecule has 23 heavy (non-hydrogen) atoms. The molecule has 1 unspecified atom stereocenters. The molecule has 130 valence electrons. The minimum atomic E-state index is 0. The third kappa shape index (κ3) is 6.18. The van der Waals surface area contributed by atoms with Crippen molar-refractivity contribution in [3.05, 3.63) is 29.3 Å². The molecule has 0 bridgehead atoms. The van der Waals surface area contributed by atoms with E-state index in [2.05, 4.69) is 13.8 Å². The van der Waals surface area contributed by atoms with Crippen molar-refractivity contribution < 1.29 is 4.79 Å². The second kappa shape index (κ2) is 9.16. The van der Waals surface area contributed by atoms with E-state index in [1.54, 1.807) is 11.8 Å². The van der Waals surface area contributed by atoms with Gasteiger partial charge in [-0.1, -0.05) is 25.4 Å². The number of benzene rings is 1. The molecule has 1 aromatic carbocycles. The molecule has 2 rings (SSSR count). The fourth-order valence-corrected chi connectivity index (χ4v) is 3.67. The summed E-state index contributed by atoms with van der Waals surface area (Å²) in [5, 5.41) is 0.755. The SMILES string of the molecule is CC1(C)CN(C(=O)CCCSc2ccc(Cl)cc2)CCC1N.Cl. The Morgan fingerprint density at radius 2 is 2.04 bits per heavy atom. The topological polar surface area (TPSA) is 46.3 Å². The molecule has 0 radical (unpaired) electrons. The lowest BCUT2D eigenvalue weighted by Crippen LogP contribution is -2.53. The number of amides is 1. The third-order valence-electron chi connectivity index (χ3n) is 4.28. The van der Waals surface area contributed by atoms with Crippen LogP contribution in [0.4, 0.5) is 0 Å². The minimum Gasteiger partial charge on any atom is -0.342 e. The molecule has 1 amide bonds. The van der Waals surface area contributed by atoms with Crippen LogP contribution in [0.2, 0.25) is 5.02 Å². The first kappa shape index (κ1) is 20.6. The fraction of sp³-hybridized carbons (Fsp3) is 0.588. The smallest absolute Gasteiger partial charge is 0.222 e. The predicted octanol–water partition coefficient (Wildman–Crippen LogP) is 4.22. The molecule has 2 N–H and O–H groups in total. The van der Waals surface area contributed by atoms with Crippen molar-refractivity contribution in [1.29, 1.82) is 0 Å². The number of rotatable bonds is 5. The van der Waals surface area contributed by atoms with Gasteiger partial charge < -0.3 is 10.6 Å². The van der Waals surface area contributed by atoms with Gasteiger partial charge in [0.15, 0.2) is 0 Å². The average molecular weight is 377 g/mol. The molecule has 6 heteroatoms. The van der Waals surface area contributed by atoms with Crippen molar-refractivity contribution in [2.75, 3.05) is 18.8 Å². The summed E-state index contributed by atoms with van der Waals surface area (Å²) in [6, 6.07) is 8.02. The summed E-state index contributed by atoms with van der Waals surface area (Å²) in [5.74, 6) is 1.21. The number of halogens is 2. The van der Waals surface area contributed by atoms with Crippen LogP contribution < -0.4 is 5.73 Å². The van der Waals surface area contributed by atoms with Crippen molar-refractivity contribution in [3.8, 4) is 0 Å². The van der Waals surface area contributed by atoms with Crippen molar-refractivity contribution in [2.24, 2.45) is 11.1 Å². The predicted molar refractivity (Wildman–Crippen MR) is 102 cm³/mol. The highest BCUT2D eigenvalue weighted by atomic mass is 35.5. The highest BCUT2D eigenvalue weighted by molar-refractivity contribution is 7.99. The second-order valence-corrected chi connectivity index (χ2v) is 8.21. The van der Waals surface area contributed by atoms with Gasteiger partial charge in [0.25, 0.3) is 0 Å². The molecule has 1 heterocycles. The van der Waals surface area contributed by atoms with E-state index < -0.39 is 0 Å². The molecule has 0 aliphatic carbocycles. The summed E-state index contributed by atoms with van der Waals surface area (Å²) in [5.41, 5.74) is 6.14. The summed E-state index contributed by atoms with van der Waals surface area (Å²) >= 11 is 7.63. The van der Waals surface area contributed by atoms with E-state index in [0.29, 0.717) is 6.42 Å². The molecule has 1 fully saturated rings. The van der Waals surface area contributed by atoms with Gasteiger partial charge in [-0.25, -0.2) is 0 Å². The van der Waals surface area contributed by atoms with Crippen LogP contribution in [0, 0.1) is 5.41 Å². The number of likely N-dealkylation sites (tertiary alicyclic amines) is 1. The molecular formula is C17H26Cl2N2OS. The lowest BCUT2D eigenvalue weighted by atomic mass is 9.79.